The zero-order chi connectivity index (χ0) is 23.3. The molecule has 11 nitrogen and oxygen atoms in total. The summed E-state index contributed by atoms with van der Waals surface area (Å²) in [6.07, 6.45) is 5.00. The normalized spacial score (nSPS) is 17.9. The zero-order valence-electron chi connectivity index (χ0n) is 18.0. The first-order valence-corrected chi connectivity index (χ1v) is 10.5. The predicted octanol–water partition coefficient (Wildman–Crippen LogP) is -0.0817. The van der Waals surface area contributed by atoms with E-state index in [0.717, 1.165) is 5.69 Å². The van der Waals surface area contributed by atoms with Crippen LogP contribution in [-0.2, 0) is 20.9 Å². The first-order chi connectivity index (χ1) is 15.3. The Morgan fingerprint density at radius 1 is 0.781 bits per heavy atom. The molecule has 2 rings (SSSR count). The average molecular weight is 450 g/mol. The van der Waals surface area contributed by atoms with Gasteiger partial charge in [-0.2, -0.15) is 0 Å². The van der Waals surface area contributed by atoms with Crippen LogP contribution in [0.3, 0.4) is 0 Å². The lowest BCUT2D eigenvalue weighted by atomic mass is 10.3. The molecule has 176 valence electrons. The third kappa shape index (κ3) is 10.2. The second kappa shape index (κ2) is 13.3. The number of aliphatic carboxylic acids is 3. The van der Waals surface area contributed by atoms with Crippen molar-refractivity contribution < 1.29 is 29.7 Å². The van der Waals surface area contributed by atoms with Gasteiger partial charge in [-0.1, -0.05) is 6.07 Å². The zero-order valence-corrected chi connectivity index (χ0v) is 18.0. The highest BCUT2D eigenvalue weighted by Gasteiger charge is 2.17. The lowest BCUT2D eigenvalue weighted by molar-refractivity contribution is -0.139. The molecule has 11 heteroatoms. The molecule has 1 aromatic heterocycles. The summed E-state index contributed by atoms with van der Waals surface area (Å²) in [6, 6.07) is 5.66. The van der Waals surface area contributed by atoms with Crippen molar-refractivity contribution in [3.05, 3.63) is 42.5 Å². The number of pyridine rings is 1. The Bertz CT molecular complexity index is 775. The van der Waals surface area contributed by atoms with Gasteiger partial charge in [0.25, 0.3) is 0 Å². The Hall–Kier alpha value is -3.18. The van der Waals surface area contributed by atoms with Crippen molar-refractivity contribution in [2.75, 3.05) is 58.9 Å². The largest absolute Gasteiger partial charge is 0.481 e. The minimum atomic E-state index is -0.956. The summed E-state index contributed by atoms with van der Waals surface area (Å²) in [5.41, 5.74) is 0.879. The van der Waals surface area contributed by atoms with Gasteiger partial charge in [-0.3, -0.25) is 29.2 Å². The van der Waals surface area contributed by atoms with E-state index in [9.17, 15) is 24.6 Å². The second-order valence-corrected chi connectivity index (χ2v) is 7.61. The molecule has 0 radical (unpaired) electrons. The SMILES string of the molecule is O=C(O)CCN1/C=C\N(CC(=O)O)CCN(Cc2ccccn2)CCN(CC(=O)O)CC1. The fourth-order valence-corrected chi connectivity index (χ4v) is 3.34. The topological polar surface area (TPSA) is 138 Å². The monoisotopic (exact) mass is 449 g/mol. The third-order valence-electron chi connectivity index (χ3n) is 5.05. The molecule has 32 heavy (non-hydrogen) atoms. The van der Waals surface area contributed by atoms with Crippen LogP contribution in [0.4, 0.5) is 0 Å². The number of carboxylic acid groups (broad SMARTS) is 3. The highest BCUT2D eigenvalue weighted by molar-refractivity contribution is 5.69. The van der Waals surface area contributed by atoms with Gasteiger partial charge in [0.15, 0.2) is 0 Å². The Labute approximate surface area is 187 Å². The number of hydrogen-bond donors (Lipinski definition) is 3. The second-order valence-electron chi connectivity index (χ2n) is 7.61. The van der Waals surface area contributed by atoms with Crippen molar-refractivity contribution in [2.45, 2.75) is 13.0 Å². The molecule has 0 fully saturated rings. The minimum Gasteiger partial charge on any atom is -0.481 e. The van der Waals surface area contributed by atoms with Gasteiger partial charge in [0, 0.05) is 71.0 Å². The maximum absolute atomic E-state index is 11.3. The smallest absolute Gasteiger partial charge is 0.323 e. The van der Waals surface area contributed by atoms with Gasteiger partial charge >= 0.3 is 17.9 Å². The molecule has 0 aromatic carbocycles. The Morgan fingerprint density at radius 2 is 1.41 bits per heavy atom. The molecule has 0 bridgehead atoms. The third-order valence-corrected chi connectivity index (χ3v) is 5.05. The van der Waals surface area contributed by atoms with Crippen molar-refractivity contribution >= 4 is 17.9 Å². The van der Waals surface area contributed by atoms with Crippen molar-refractivity contribution in [1.29, 1.82) is 0 Å². The molecule has 2 heterocycles. The predicted molar refractivity (Wildman–Crippen MR) is 116 cm³/mol. The lowest BCUT2D eigenvalue weighted by Gasteiger charge is -2.31. The molecule has 1 aliphatic rings. The van der Waals surface area contributed by atoms with Gasteiger partial charge in [0.2, 0.25) is 0 Å². The number of nitrogens with zero attached hydrogens (tertiary/aromatic N) is 5. The van der Waals surface area contributed by atoms with E-state index in [1.807, 2.05) is 23.1 Å². The lowest BCUT2D eigenvalue weighted by Crippen LogP contribution is -2.44. The Kier molecular flexibility index (Phi) is 10.4. The molecule has 1 aromatic rings. The molecule has 0 unspecified atom stereocenters. The van der Waals surface area contributed by atoms with Gasteiger partial charge < -0.3 is 25.1 Å². The number of carboxylic acids is 3. The molecule has 0 spiro atoms. The van der Waals surface area contributed by atoms with E-state index in [-0.39, 0.29) is 26.1 Å². The summed E-state index contributed by atoms with van der Waals surface area (Å²) in [4.78, 5) is 45.4. The molecule has 1 aliphatic heterocycles. The maximum Gasteiger partial charge on any atom is 0.323 e. The summed E-state index contributed by atoms with van der Waals surface area (Å²) >= 11 is 0. The fourth-order valence-electron chi connectivity index (χ4n) is 3.34. The van der Waals surface area contributed by atoms with E-state index in [2.05, 4.69) is 9.88 Å². The summed E-state index contributed by atoms with van der Waals surface area (Å²) in [5.74, 6) is -2.81. The summed E-state index contributed by atoms with van der Waals surface area (Å²) in [5, 5.41) is 27.6. The van der Waals surface area contributed by atoms with E-state index in [0.29, 0.717) is 45.8 Å². The van der Waals surface area contributed by atoms with Crippen LogP contribution in [0.1, 0.15) is 12.1 Å². The van der Waals surface area contributed by atoms with E-state index in [1.54, 1.807) is 28.4 Å². The number of carbonyl (C=O) groups is 3. The molecule has 3 N–H and O–H groups in total. The van der Waals surface area contributed by atoms with Gasteiger partial charge in [-0.15, -0.1) is 0 Å². The number of rotatable bonds is 9. The van der Waals surface area contributed by atoms with Crippen molar-refractivity contribution in [1.82, 2.24) is 24.6 Å². The van der Waals surface area contributed by atoms with Crippen LogP contribution in [-0.4, -0.2) is 117 Å². The van der Waals surface area contributed by atoms with Gasteiger partial charge in [0.1, 0.15) is 6.54 Å². The highest BCUT2D eigenvalue weighted by atomic mass is 16.4. The van der Waals surface area contributed by atoms with Crippen LogP contribution in [0.15, 0.2) is 36.8 Å². The van der Waals surface area contributed by atoms with E-state index >= 15 is 0 Å². The van der Waals surface area contributed by atoms with Gasteiger partial charge in [-0.05, 0) is 12.1 Å². The van der Waals surface area contributed by atoms with E-state index in [1.165, 1.54) is 0 Å². The molecule has 0 saturated heterocycles. The summed E-state index contributed by atoms with van der Waals surface area (Å²) in [7, 11) is 0. The standard InChI is InChI=1S/C21H31N5O6/c27-19(28)4-6-23-7-9-25(16-20(29)30)13-11-24(15-18-3-1-2-5-22-18)12-14-26(10-8-23)17-21(31)32/h1-3,5,7,9H,4,6,8,10-17H2,(H,27,28)(H,29,30)(H,31,32)/b9-7-. The first-order valence-electron chi connectivity index (χ1n) is 10.5. The minimum absolute atomic E-state index is 0.0694. The molecule has 0 aliphatic carbocycles. The molecule has 0 saturated carbocycles. The van der Waals surface area contributed by atoms with Gasteiger partial charge in [0.05, 0.1) is 18.7 Å². The Morgan fingerprint density at radius 3 is 2.06 bits per heavy atom. The first kappa shape index (κ1) is 25.1. The van der Waals surface area contributed by atoms with E-state index < -0.39 is 17.9 Å². The molecular weight excluding hydrogens is 418 g/mol. The maximum atomic E-state index is 11.3. The number of aromatic nitrogens is 1. The number of hydrogen-bond acceptors (Lipinski definition) is 8. The van der Waals surface area contributed by atoms with Crippen LogP contribution in [0.25, 0.3) is 0 Å². The van der Waals surface area contributed by atoms with Crippen LogP contribution in [0.2, 0.25) is 0 Å². The van der Waals surface area contributed by atoms with Gasteiger partial charge in [-0.25, -0.2) is 0 Å². The summed E-state index contributed by atoms with van der Waals surface area (Å²) in [6.45, 7) is 3.50. The molecule has 0 amide bonds. The van der Waals surface area contributed by atoms with Crippen LogP contribution in [0, 0.1) is 0 Å². The summed E-state index contributed by atoms with van der Waals surface area (Å²) < 4.78 is 0. The van der Waals surface area contributed by atoms with Crippen molar-refractivity contribution in [2.24, 2.45) is 0 Å². The van der Waals surface area contributed by atoms with Crippen LogP contribution >= 0.6 is 0 Å². The quantitative estimate of drug-likeness (QED) is 0.467. The van der Waals surface area contributed by atoms with Crippen molar-refractivity contribution in [3.63, 3.8) is 0 Å². The average Bonchev–Trinajstić information content (AvgIpc) is 2.73. The van der Waals surface area contributed by atoms with Crippen LogP contribution < -0.4 is 0 Å². The van der Waals surface area contributed by atoms with E-state index in [4.69, 9.17) is 5.11 Å². The Balaban J connectivity index is 2.18. The van der Waals surface area contributed by atoms with Crippen molar-refractivity contribution in [3.8, 4) is 0 Å². The molecular formula is C21H31N5O6. The highest BCUT2D eigenvalue weighted by Crippen LogP contribution is 2.06. The molecule has 0 atom stereocenters. The van der Waals surface area contributed by atoms with Crippen LogP contribution in [0.5, 0.6) is 0 Å². The fraction of sp³-hybridized carbons (Fsp3) is 0.524.